The van der Waals surface area contributed by atoms with Crippen LogP contribution < -0.4 is 5.32 Å². The van der Waals surface area contributed by atoms with E-state index in [0.717, 1.165) is 25.2 Å². The van der Waals surface area contributed by atoms with Crippen LogP contribution in [0, 0.1) is 0 Å². The van der Waals surface area contributed by atoms with Gasteiger partial charge in [-0.25, -0.2) is 4.79 Å². The molecule has 1 atom stereocenters. The summed E-state index contributed by atoms with van der Waals surface area (Å²) in [6.07, 6.45) is 0.889. The van der Waals surface area contributed by atoms with E-state index in [9.17, 15) is 4.79 Å². The molecule has 1 fully saturated rings. The highest BCUT2D eigenvalue weighted by Crippen LogP contribution is 2.18. The topological polar surface area (TPSA) is 41.6 Å². The number of rotatable bonds is 4. The first-order chi connectivity index (χ1) is 9.44. The molecule has 1 saturated heterocycles. The predicted octanol–water partition coefficient (Wildman–Crippen LogP) is 2.96. The molecule has 0 saturated carbocycles. The van der Waals surface area contributed by atoms with Gasteiger partial charge in [0.1, 0.15) is 5.60 Å². The Morgan fingerprint density at radius 2 is 1.95 bits per heavy atom. The zero-order valence-corrected chi connectivity index (χ0v) is 12.6. The monoisotopic (exact) mass is 276 g/mol. The molecule has 1 aliphatic rings. The number of alkyl carbamates (subject to hydrolysis) is 1. The zero-order chi connectivity index (χ0) is 14.6. The smallest absolute Gasteiger partial charge is 0.408 e. The lowest BCUT2D eigenvalue weighted by Gasteiger charge is -2.34. The molecule has 0 spiro atoms. The molecule has 0 aromatic heterocycles. The van der Waals surface area contributed by atoms with Crippen molar-refractivity contribution in [1.29, 1.82) is 0 Å². The van der Waals surface area contributed by atoms with E-state index in [-0.39, 0.29) is 12.1 Å². The van der Waals surface area contributed by atoms with Crippen molar-refractivity contribution in [2.24, 2.45) is 0 Å². The van der Waals surface area contributed by atoms with E-state index < -0.39 is 5.60 Å². The first kappa shape index (κ1) is 14.9. The van der Waals surface area contributed by atoms with Gasteiger partial charge in [0.25, 0.3) is 0 Å². The van der Waals surface area contributed by atoms with Crippen molar-refractivity contribution in [3.63, 3.8) is 0 Å². The Balaban J connectivity index is 2.00. The van der Waals surface area contributed by atoms with Gasteiger partial charge in [0.15, 0.2) is 0 Å². The van der Waals surface area contributed by atoms with Gasteiger partial charge in [-0.3, -0.25) is 0 Å². The van der Waals surface area contributed by atoms with Gasteiger partial charge in [-0.05, 0) is 45.8 Å². The number of nitrogens with zero attached hydrogens (tertiary/aromatic N) is 1. The molecule has 1 aliphatic heterocycles. The molecule has 1 aromatic rings. The van der Waals surface area contributed by atoms with Crippen LogP contribution in [0.2, 0.25) is 0 Å². The molecule has 0 radical (unpaired) electrons. The van der Waals surface area contributed by atoms with Gasteiger partial charge in [0.2, 0.25) is 0 Å². The van der Waals surface area contributed by atoms with Crippen LogP contribution in [0.1, 0.15) is 38.8 Å². The summed E-state index contributed by atoms with van der Waals surface area (Å²) in [5.74, 6) is 0. The van der Waals surface area contributed by atoms with Crippen LogP contribution in [0.15, 0.2) is 30.3 Å². The largest absolute Gasteiger partial charge is 0.444 e. The van der Waals surface area contributed by atoms with Crippen molar-refractivity contribution in [2.45, 2.75) is 38.8 Å². The predicted molar refractivity (Wildman–Crippen MR) is 79.6 cm³/mol. The van der Waals surface area contributed by atoms with Crippen molar-refractivity contribution < 1.29 is 9.53 Å². The summed E-state index contributed by atoms with van der Waals surface area (Å²) in [7, 11) is 0. The molecule has 1 aromatic carbocycles. The third kappa shape index (κ3) is 4.53. The van der Waals surface area contributed by atoms with E-state index in [2.05, 4.69) is 10.2 Å². The molecule has 110 valence electrons. The second-order valence-electron chi connectivity index (χ2n) is 6.26. The van der Waals surface area contributed by atoms with Gasteiger partial charge < -0.3 is 15.0 Å². The normalized spacial score (nSPS) is 17.1. The number of amides is 1. The summed E-state index contributed by atoms with van der Waals surface area (Å²) >= 11 is 0. The maximum Gasteiger partial charge on any atom is 0.408 e. The Hall–Kier alpha value is -1.55. The van der Waals surface area contributed by atoms with Crippen molar-refractivity contribution >= 4 is 6.09 Å². The molecule has 1 heterocycles. The summed E-state index contributed by atoms with van der Waals surface area (Å²) in [6.45, 7) is 8.68. The molecule has 4 nitrogen and oxygen atoms in total. The molecule has 2 rings (SSSR count). The average molecular weight is 276 g/mol. The number of carbonyl (C=O) groups is 1. The molecule has 0 aliphatic carbocycles. The van der Waals surface area contributed by atoms with E-state index in [1.165, 1.54) is 6.42 Å². The van der Waals surface area contributed by atoms with Crippen molar-refractivity contribution in [3.8, 4) is 0 Å². The third-order valence-corrected chi connectivity index (χ3v) is 3.28. The first-order valence-corrected chi connectivity index (χ1v) is 7.21. The molecule has 1 N–H and O–H groups in total. The molecule has 1 amide bonds. The van der Waals surface area contributed by atoms with Crippen molar-refractivity contribution in [1.82, 2.24) is 10.2 Å². The fourth-order valence-corrected chi connectivity index (χ4v) is 2.19. The quantitative estimate of drug-likeness (QED) is 0.919. The highest BCUT2D eigenvalue weighted by molar-refractivity contribution is 5.68. The standard InChI is InChI=1S/C16H24N2O2/c1-16(2,3)20-15(19)17-14(12-18-10-7-11-18)13-8-5-4-6-9-13/h4-6,8-9,14H,7,10-12H2,1-3H3,(H,17,19)/t14-/m0/s1. The Morgan fingerprint density at radius 3 is 2.45 bits per heavy atom. The van der Waals surface area contributed by atoms with Gasteiger partial charge in [-0.15, -0.1) is 0 Å². The number of hydrogen-bond acceptors (Lipinski definition) is 3. The number of hydrogen-bond donors (Lipinski definition) is 1. The van der Waals surface area contributed by atoms with Crippen molar-refractivity contribution in [2.75, 3.05) is 19.6 Å². The van der Waals surface area contributed by atoms with Crippen LogP contribution in [0.5, 0.6) is 0 Å². The molecular weight excluding hydrogens is 252 g/mol. The van der Waals surface area contributed by atoms with Crippen LogP contribution in [0.25, 0.3) is 0 Å². The first-order valence-electron chi connectivity index (χ1n) is 7.21. The number of ether oxygens (including phenoxy) is 1. The SMILES string of the molecule is CC(C)(C)OC(=O)N[C@@H](CN1CCC1)c1ccccc1. The van der Waals surface area contributed by atoms with Crippen LogP contribution in [-0.2, 0) is 4.74 Å². The number of nitrogens with one attached hydrogen (secondary N) is 1. The highest BCUT2D eigenvalue weighted by Gasteiger charge is 2.24. The van der Waals surface area contributed by atoms with Gasteiger partial charge in [0.05, 0.1) is 6.04 Å². The lowest BCUT2D eigenvalue weighted by Crippen LogP contribution is -2.45. The van der Waals surface area contributed by atoms with E-state index >= 15 is 0 Å². The maximum atomic E-state index is 12.0. The summed E-state index contributed by atoms with van der Waals surface area (Å²) in [5, 5.41) is 2.99. The van der Waals surface area contributed by atoms with Crippen LogP contribution in [0.4, 0.5) is 4.79 Å². The highest BCUT2D eigenvalue weighted by atomic mass is 16.6. The van der Waals surface area contributed by atoms with Gasteiger partial charge >= 0.3 is 6.09 Å². The molecule has 0 unspecified atom stereocenters. The van der Waals surface area contributed by atoms with E-state index in [0.29, 0.717) is 0 Å². The van der Waals surface area contributed by atoms with E-state index in [1.807, 2.05) is 51.1 Å². The Morgan fingerprint density at radius 1 is 1.30 bits per heavy atom. The minimum Gasteiger partial charge on any atom is -0.444 e. The zero-order valence-electron chi connectivity index (χ0n) is 12.6. The average Bonchev–Trinajstić information content (AvgIpc) is 2.31. The Kier molecular flexibility index (Phi) is 4.65. The summed E-state index contributed by atoms with van der Waals surface area (Å²) < 4.78 is 5.35. The lowest BCUT2D eigenvalue weighted by molar-refractivity contribution is 0.0479. The summed E-state index contributed by atoms with van der Waals surface area (Å²) in [5.41, 5.74) is 0.646. The minimum absolute atomic E-state index is 0.0219. The lowest BCUT2D eigenvalue weighted by atomic mass is 10.0. The second kappa shape index (κ2) is 6.27. The molecule has 4 heteroatoms. The summed E-state index contributed by atoms with van der Waals surface area (Å²) in [4.78, 5) is 14.3. The third-order valence-electron chi connectivity index (χ3n) is 3.28. The van der Waals surface area contributed by atoms with Crippen LogP contribution in [-0.4, -0.2) is 36.2 Å². The van der Waals surface area contributed by atoms with Crippen molar-refractivity contribution in [3.05, 3.63) is 35.9 Å². The fraction of sp³-hybridized carbons (Fsp3) is 0.562. The van der Waals surface area contributed by atoms with E-state index in [1.54, 1.807) is 0 Å². The number of likely N-dealkylation sites (tertiary alicyclic amines) is 1. The maximum absolute atomic E-state index is 12.0. The van der Waals surface area contributed by atoms with Crippen LogP contribution >= 0.6 is 0 Å². The number of benzene rings is 1. The fourth-order valence-electron chi connectivity index (χ4n) is 2.19. The molecule has 0 bridgehead atoms. The van der Waals surface area contributed by atoms with Gasteiger partial charge in [0, 0.05) is 6.54 Å². The van der Waals surface area contributed by atoms with Gasteiger partial charge in [-0.1, -0.05) is 30.3 Å². The molecule has 20 heavy (non-hydrogen) atoms. The Bertz CT molecular complexity index is 436. The Labute approximate surface area is 121 Å². The second-order valence-corrected chi connectivity index (χ2v) is 6.26. The van der Waals surface area contributed by atoms with Gasteiger partial charge in [-0.2, -0.15) is 0 Å². The summed E-state index contributed by atoms with van der Waals surface area (Å²) in [6, 6.07) is 10.0. The minimum atomic E-state index is -0.470. The van der Waals surface area contributed by atoms with E-state index in [4.69, 9.17) is 4.74 Å². The number of carbonyl (C=O) groups excluding carboxylic acids is 1. The van der Waals surface area contributed by atoms with Crippen LogP contribution in [0.3, 0.4) is 0 Å². The molecular formula is C16H24N2O2.